The topological polar surface area (TPSA) is 104 Å². The van der Waals surface area contributed by atoms with Gasteiger partial charge in [-0.2, -0.15) is 10.1 Å². The number of hydrogen-bond donors (Lipinski definition) is 3. The number of nitrogens with zero attached hydrogens (tertiary/aromatic N) is 3. The first-order valence-corrected chi connectivity index (χ1v) is 7.36. The molecule has 1 aromatic heterocycles. The van der Waals surface area contributed by atoms with Crippen LogP contribution in [-0.4, -0.2) is 26.6 Å². The Balaban J connectivity index is 1.58. The smallest absolute Gasteiger partial charge is 0.247 e. The largest absolute Gasteiger partial charge is 0.504 e. The average molecular weight is 345 g/mol. The molecule has 7 nitrogen and oxygen atoms in total. The van der Waals surface area contributed by atoms with E-state index in [1.165, 1.54) is 18.3 Å². The summed E-state index contributed by atoms with van der Waals surface area (Å²) in [4.78, 5) is 4.25. The van der Waals surface area contributed by atoms with E-state index in [1.54, 1.807) is 30.3 Å². The van der Waals surface area contributed by atoms with Gasteiger partial charge in [-0.15, -0.1) is 0 Å². The summed E-state index contributed by atoms with van der Waals surface area (Å²) < 4.78 is 5.13. The number of aromatic hydroxyl groups is 2. The Morgan fingerprint density at radius 1 is 1.12 bits per heavy atom. The van der Waals surface area contributed by atoms with Crippen LogP contribution in [0.3, 0.4) is 0 Å². The molecule has 2 aromatic carbocycles. The van der Waals surface area contributed by atoms with Crippen LogP contribution in [0.1, 0.15) is 11.5 Å². The van der Waals surface area contributed by atoms with Gasteiger partial charge < -0.3 is 20.2 Å². The summed E-state index contributed by atoms with van der Waals surface area (Å²) >= 11 is 5.84. The van der Waals surface area contributed by atoms with Gasteiger partial charge in [0, 0.05) is 10.6 Å². The number of halogens is 1. The highest BCUT2D eigenvalue weighted by molar-refractivity contribution is 6.30. The number of aromatic nitrogens is 2. The summed E-state index contributed by atoms with van der Waals surface area (Å²) in [6.07, 6.45) is 1.50. The molecule has 0 saturated heterocycles. The van der Waals surface area contributed by atoms with Crippen molar-refractivity contribution in [1.29, 1.82) is 0 Å². The first kappa shape index (κ1) is 15.8. The van der Waals surface area contributed by atoms with Crippen LogP contribution in [0.4, 0.5) is 0 Å². The second-order valence-electron chi connectivity index (χ2n) is 4.86. The van der Waals surface area contributed by atoms with Crippen LogP contribution in [0.5, 0.6) is 11.5 Å². The number of nitrogens with one attached hydrogen (secondary N) is 1. The predicted molar refractivity (Wildman–Crippen MR) is 88.9 cm³/mol. The van der Waals surface area contributed by atoms with Crippen LogP contribution in [-0.2, 0) is 6.54 Å². The van der Waals surface area contributed by atoms with E-state index >= 15 is 0 Å². The number of phenolic OH excluding ortho intramolecular Hbond substituents is 2. The van der Waals surface area contributed by atoms with Gasteiger partial charge in [-0.05, 0) is 48.0 Å². The zero-order valence-electron chi connectivity index (χ0n) is 12.3. The highest BCUT2D eigenvalue weighted by Crippen LogP contribution is 2.24. The molecule has 0 saturated carbocycles. The minimum absolute atomic E-state index is 0.180. The molecule has 0 amide bonds. The first-order valence-electron chi connectivity index (χ1n) is 6.98. The SMILES string of the molecule is Oc1ccc(/C=N\NCc2nc(-c3ccc(Cl)cc3)no2)cc1O. The molecule has 8 heteroatoms. The van der Waals surface area contributed by atoms with Crippen molar-refractivity contribution in [3.63, 3.8) is 0 Å². The molecule has 0 atom stereocenters. The average Bonchev–Trinajstić information content (AvgIpc) is 3.04. The van der Waals surface area contributed by atoms with Crippen LogP contribution < -0.4 is 5.43 Å². The van der Waals surface area contributed by atoms with E-state index in [2.05, 4.69) is 20.7 Å². The first-order chi connectivity index (χ1) is 11.6. The number of benzene rings is 2. The van der Waals surface area contributed by atoms with Crippen LogP contribution in [0.25, 0.3) is 11.4 Å². The van der Waals surface area contributed by atoms with Crippen molar-refractivity contribution in [1.82, 2.24) is 15.6 Å². The third-order valence-corrected chi connectivity index (χ3v) is 3.36. The Bertz CT molecular complexity index is 862. The minimum atomic E-state index is -0.205. The van der Waals surface area contributed by atoms with Crippen molar-refractivity contribution in [2.45, 2.75) is 6.54 Å². The second-order valence-corrected chi connectivity index (χ2v) is 5.30. The summed E-state index contributed by atoms with van der Waals surface area (Å²) in [6.45, 7) is 0.251. The molecule has 3 rings (SSSR count). The van der Waals surface area contributed by atoms with Crippen LogP contribution in [0.15, 0.2) is 52.1 Å². The zero-order chi connectivity index (χ0) is 16.9. The summed E-state index contributed by atoms with van der Waals surface area (Å²) in [5.74, 6) is 0.464. The summed E-state index contributed by atoms with van der Waals surface area (Å²) in [5, 5.41) is 27.1. The lowest BCUT2D eigenvalue weighted by atomic mass is 10.2. The van der Waals surface area contributed by atoms with Crippen molar-refractivity contribution in [3.8, 4) is 22.9 Å². The van der Waals surface area contributed by atoms with Crippen LogP contribution in [0.2, 0.25) is 5.02 Å². The maximum absolute atomic E-state index is 9.39. The Kier molecular flexibility index (Phi) is 4.62. The number of hydrazone groups is 1. The fourth-order valence-electron chi connectivity index (χ4n) is 1.90. The molecule has 0 aliphatic rings. The number of phenols is 2. The van der Waals surface area contributed by atoms with Gasteiger partial charge in [0.25, 0.3) is 0 Å². The minimum Gasteiger partial charge on any atom is -0.504 e. The van der Waals surface area contributed by atoms with Crippen molar-refractivity contribution >= 4 is 17.8 Å². The lowest BCUT2D eigenvalue weighted by Gasteiger charge is -1.98. The summed E-state index contributed by atoms with van der Waals surface area (Å²) in [5.41, 5.74) is 4.20. The van der Waals surface area contributed by atoms with Gasteiger partial charge in [-0.3, -0.25) is 0 Å². The van der Waals surface area contributed by atoms with Crippen molar-refractivity contribution in [3.05, 3.63) is 58.9 Å². The fourth-order valence-corrected chi connectivity index (χ4v) is 2.02. The van der Waals surface area contributed by atoms with E-state index in [4.69, 9.17) is 16.1 Å². The predicted octanol–water partition coefficient (Wildman–Crippen LogP) is 2.92. The Labute approximate surface area is 142 Å². The van der Waals surface area contributed by atoms with E-state index in [0.717, 1.165) is 5.56 Å². The van der Waals surface area contributed by atoms with E-state index in [1.807, 2.05) is 0 Å². The van der Waals surface area contributed by atoms with E-state index in [0.29, 0.717) is 22.3 Å². The van der Waals surface area contributed by atoms with Crippen molar-refractivity contribution < 1.29 is 14.7 Å². The normalized spacial score (nSPS) is 11.0. The number of rotatable bonds is 5. The molecule has 0 spiro atoms. The molecule has 0 bridgehead atoms. The molecule has 24 heavy (non-hydrogen) atoms. The molecule has 1 heterocycles. The lowest BCUT2D eigenvalue weighted by Crippen LogP contribution is -2.05. The molecule has 0 radical (unpaired) electrons. The van der Waals surface area contributed by atoms with Crippen LogP contribution >= 0.6 is 11.6 Å². The van der Waals surface area contributed by atoms with Gasteiger partial charge in [-0.25, -0.2) is 0 Å². The van der Waals surface area contributed by atoms with Gasteiger partial charge in [0.2, 0.25) is 11.7 Å². The molecule has 0 fully saturated rings. The van der Waals surface area contributed by atoms with Gasteiger partial charge in [-0.1, -0.05) is 16.8 Å². The molecule has 3 N–H and O–H groups in total. The summed E-state index contributed by atoms with van der Waals surface area (Å²) in [7, 11) is 0. The molecule has 0 aliphatic carbocycles. The van der Waals surface area contributed by atoms with Gasteiger partial charge in [0.15, 0.2) is 11.5 Å². The zero-order valence-corrected chi connectivity index (χ0v) is 13.1. The molecule has 3 aromatic rings. The van der Waals surface area contributed by atoms with E-state index in [9.17, 15) is 10.2 Å². The van der Waals surface area contributed by atoms with Gasteiger partial charge in [0.1, 0.15) is 6.54 Å². The monoisotopic (exact) mass is 344 g/mol. The van der Waals surface area contributed by atoms with Crippen LogP contribution in [0, 0.1) is 0 Å². The molecule has 0 aliphatic heterocycles. The quantitative estimate of drug-likeness (QED) is 0.373. The highest BCUT2D eigenvalue weighted by Gasteiger charge is 2.07. The molecule has 0 unspecified atom stereocenters. The van der Waals surface area contributed by atoms with Gasteiger partial charge >= 0.3 is 0 Å². The Morgan fingerprint density at radius 2 is 1.92 bits per heavy atom. The summed E-state index contributed by atoms with van der Waals surface area (Å²) in [6, 6.07) is 11.5. The third kappa shape index (κ3) is 3.82. The Hall–Kier alpha value is -3.06. The van der Waals surface area contributed by atoms with Crippen molar-refractivity contribution in [2.24, 2.45) is 5.10 Å². The maximum Gasteiger partial charge on any atom is 0.247 e. The van der Waals surface area contributed by atoms with E-state index < -0.39 is 0 Å². The Morgan fingerprint density at radius 3 is 2.67 bits per heavy atom. The number of hydrogen-bond acceptors (Lipinski definition) is 7. The van der Waals surface area contributed by atoms with E-state index in [-0.39, 0.29) is 18.0 Å². The fraction of sp³-hybridized carbons (Fsp3) is 0.0625. The molecule has 122 valence electrons. The third-order valence-electron chi connectivity index (χ3n) is 3.11. The molecular weight excluding hydrogens is 332 g/mol. The highest BCUT2D eigenvalue weighted by atomic mass is 35.5. The van der Waals surface area contributed by atoms with Crippen molar-refractivity contribution in [2.75, 3.05) is 0 Å². The standard InChI is InChI=1S/C16H13ClN4O3/c17-12-4-2-11(3-5-12)16-20-15(24-21-16)9-19-18-8-10-1-6-13(22)14(23)7-10/h1-8,19,22-23H,9H2/b18-8-. The molecular formula is C16H13ClN4O3. The lowest BCUT2D eigenvalue weighted by molar-refractivity contribution is 0.369. The second kappa shape index (κ2) is 7.01. The maximum atomic E-state index is 9.39. The van der Waals surface area contributed by atoms with Gasteiger partial charge in [0.05, 0.1) is 6.21 Å².